The molecule has 170 valence electrons. The number of methoxy groups -OCH3 is 1. The highest BCUT2D eigenvalue weighted by Gasteiger charge is 2.32. The maximum Gasteiger partial charge on any atom is 0.161 e. The molecule has 0 saturated carbocycles. The number of ether oxygens (including phenoxy) is 2. The number of nitriles is 1. The van der Waals surface area contributed by atoms with Gasteiger partial charge in [0.25, 0.3) is 0 Å². The van der Waals surface area contributed by atoms with Gasteiger partial charge < -0.3 is 9.47 Å². The zero-order valence-electron chi connectivity index (χ0n) is 19.7. The highest BCUT2D eigenvalue weighted by atomic mass is 32.1. The van der Waals surface area contributed by atoms with Gasteiger partial charge >= 0.3 is 0 Å². The summed E-state index contributed by atoms with van der Waals surface area (Å²) in [6, 6.07) is 18.2. The van der Waals surface area contributed by atoms with Crippen LogP contribution in [-0.2, 0) is 19.4 Å². The van der Waals surface area contributed by atoms with E-state index in [4.69, 9.17) is 14.5 Å². The summed E-state index contributed by atoms with van der Waals surface area (Å²) in [6.45, 7) is 7.40. The van der Waals surface area contributed by atoms with Crippen molar-refractivity contribution in [2.75, 3.05) is 7.11 Å². The Morgan fingerprint density at radius 2 is 1.94 bits per heavy atom. The lowest BCUT2D eigenvalue weighted by Gasteiger charge is -2.33. The number of rotatable bonds is 6. The second kappa shape index (κ2) is 9.80. The number of thiophene rings is 1. The van der Waals surface area contributed by atoms with E-state index in [0.29, 0.717) is 24.0 Å². The van der Waals surface area contributed by atoms with E-state index in [1.54, 1.807) is 18.4 Å². The highest BCUT2D eigenvalue weighted by molar-refractivity contribution is 7.16. The van der Waals surface area contributed by atoms with Crippen molar-refractivity contribution < 1.29 is 9.47 Å². The second-order valence-corrected chi connectivity index (χ2v) is 10.6. The Bertz CT molecular complexity index is 1180. The van der Waals surface area contributed by atoms with E-state index in [1.807, 2.05) is 54.7 Å². The normalized spacial score (nSPS) is 15.8. The predicted molar refractivity (Wildman–Crippen MR) is 135 cm³/mol. The van der Waals surface area contributed by atoms with Gasteiger partial charge in [0.1, 0.15) is 17.7 Å². The lowest BCUT2D eigenvalue weighted by Crippen LogP contribution is -2.26. The number of benzene rings is 2. The largest absolute Gasteiger partial charge is 0.493 e. The van der Waals surface area contributed by atoms with Crippen molar-refractivity contribution in [2.45, 2.75) is 46.6 Å². The van der Waals surface area contributed by atoms with E-state index < -0.39 is 0 Å². The molecule has 1 heterocycles. The van der Waals surface area contributed by atoms with Crippen LogP contribution in [0.3, 0.4) is 0 Å². The van der Waals surface area contributed by atoms with Crippen LogP contribution in [0.2, 0.25) is 0 Å². The van der Waals surface area contributed by atoms with Gasteiger partial charge in [0.05, 0.1) is 12.7 Å². The summed E-state index contributed by atoms with van der Waals surface area (Å²) in [4.78, 5) is 6.04. The van der Waals surface area contributed by atoms with E-state index in [-0.39, 0.29) is 5.41 Å². The SMILES string of the molecule is COc1cc(C=Nc2sc3c(c2C#N)CC[C@@H](C(C)(C)C)C3)ccc1OCc1ccccc1. The molecule has 0 spiro atoms. The molecule has 2 aromatic carbocycles. The summed E-state index contributed by atoms with van der Waals surface area (Å²) in [7, 11) is 1.64. The third-order valence-electron chi connectivity index (χ3n) is 6.34. The maximum atomic E-state index is 9.80. The van der Waals surface area contributed by atoms with Gasteiger partial charge in [-0.05, 0) is 65.5 Å². The van der Waals surface area contributed by atoms with Crippen LogP contribution in [0.1, 0.15) is 54.3 Å². The molecule has 0 amide bonds. The zero-order valence-corrected chi connectivity index (χ0v) is 20.5. The molecule has 5 heteroatoms. The van der Waals surface area contributed by atoms with Crippen molar-refractivity contribution in [3.63, 3.8) is 0 Å². The molecule has 3 aromatic rings. The van der Waals surface area contributed by atoms with Crippen LogP contribution >= 0.6 is 11.3 Å². The van der Waals surface area contributed by atoms with Gasteiger partial charge in [-0.2, -0.15) is 5.26 Å². The molecule has 1 aliphatic rings. The molecule has 4 nitrogen and oxygen atoms in total. The lowest BCUT2D eigenvalue weighted by molar-refractivity contribution is 0.218. The Balaban J connectivity index is 1.52. The summed E-state index contributed by atoms with van der Waals surface area (Å²) in [5, 5.41) is 10.6. The van der Waals surface area contributed by atoms with Gasteiger partial charge in [-0.3, -0.25) is 0 Å². The van der Waals surface area contributed by atoms with Gasteiger partial charge in [0.15, 0.2) is 11.5 Å². The Morgan fingerprint density at radius 1 is 1.15 bits per heavy atom. The van der Waals surface area contributed by atoms with Gasteiger partial charge in [0, 0.05) is 11.1 Å². The molecular formula is C28H30N2O2S. The maximum absolute atomic E-state index is 9.80. The average molecular weight is 459 g/mol. The second-order valence-electron chi connectivity index (χ2n) is 9.54. The number of hydrogen-bond acceptors (Lipinski definition) is 5. The smallest absolute Gasteiger partial charge is 0.161 e. The number of hydrogen-bond donors (Lipinski definition) is 0. The van der Waals surface area contributed by atoms with Crippen LogP contribution < -0.4 is 9.47 Å². The zero-order chi connectivity index (χ0) is 23.4. The van der Waals surface area contributed by atoms with Gasteiger partial charge in [0.2, 0.25) is 0 Å². The van der Waals surface area contributed by atoms with Crippen molar-refractivity contribution in [1.29, 1.82) is 5.26 Å². The standard InChI is InChI=1S/C28H30N2O2S/c1-28(2,3)21-11-12-22-23(16-29)27(33-26(22)15-21)30-17-20-10-13-24(25(14-20)31-4)32-18-19-8-6-5-7-9-19/h5-10,13-14,17,21H,11-12,15,18H2,1-4H3/t21-/m1/s1. The first-order chi connectivity index (χ1) is 15.9. The van der Waals surface area contributed by atoms with Crippen LogP contribution in [0.25, 0.3) is 0 Å². The van der Waals surface area contributed by atoms with Crippen molar-refractivity contribution >= 4 is 22.6 Å². The van der Waals surface area contributed by atoms with E-state index in [2.05, 4.69) is 26.8 Å². The Morgan fingerprint density at radius 3 is 2.64 bits per heavy atom. The van der Waals surface area contributed by atoms with Crippen molar-refractivity contribution in [3.05, 3.63) is 75.7 Å². The summed E-state index contributed by atoms with van der Waals surface area (Å²) in [5.41, 5.74) is 4.23. The fourth-order valence-corrected chi connectivity index (χ4v) is 5.49. The molecule has 33 heavy (non-hydrogen) atoms. The number of nitrogens with zero attached hydrogens (tertiary/aromatic N) is 2. The minimum atomic E-state index is 0.277. The highest BCUT2D eigenvalue weighted by Crippen LogP contribution is 2.45. The molecule has 4 rings (SSSR count). The van der Waals surface area contributed by atoms with E-state index in [1.165, 1.54) is 10.4 Å². The van der Waals surface area contributed by atoms with Crippen LogP contribution in [-0.4, -0.2) is 13.3 Å². The van der Waals surface area contributed by atoms with E-state index in [9.17, 15) is 5.26 Å². The van der Waals surface area contributed by atoms with Crippen LogP contribution in [0.15, 0.2) is 53.5 Å². The van der Waals surface area contributed by atoms with Gasteiger partial charge in [-0.1, -0.05) is 51.1 Å². The lowest BCUT2D eigenvalue weighted by atomic mass is 9.72. The molecule has 1 aliphatic carbocycles. The molecule has 0 N–H and O–H groups in total. The summed E-state index contributed by atoms with van der Waals surface area (Å²) >= 11 is 1.67. The Labute approximate surface area is 200 Å². The quantitative estimate of drug-likeness (QED) is 0.370. The monoisotopic (exact) mass is 458 g/mol. The first-order valence-corrected chi connectivity index (χ1v) is 12.1. The summed E-state index contributed by atoms with van der Waals surface area (Å²) in [5.74, 6) is 1.99. The topological polar surface area (TPSA) is 54.6 Å². The van der Waals surface area contributed by atoms with E-state index >= 15 is 0 Å². The van der Waals surface area contributed by atoms with E-state index in [0.717, 1.165) is 41.0 Å². The molecule has 0 bridgehead atoms. The molecule has 1 atom stereocenters. The Hall–Kier alpha value is -3.10. The van der Waals surface area contributed by atoms with Gasteiger partial charge in [-0.25, -0.2) is 4.99 Å². The fourth-order valence-electron chi connectivity index (χ4n) is 4.27. The number of fused-ring (bicyclic) bond motifs is 1. The number of aliphatic imine (C=N–C) groups is 1. The van der Waals surface area contributed by atoms with Crippen LogP contribution in [0.5, 0.6) is 11.5 Å². The average Bonchev–Trinajstić information content (AvgIpc) is 3.18. The Kier molecular flexibility index (Phi) is 6.85. The molecular weight excluding hydrogens is 428 g/mol. The molecule has 0 fully saturated rings. The molecule has 0 saturated heterocycles. The molecule has 0 radical (unpaired) electrons. The predicted octanol–water partition coefficient (Wildman–Crippen LogP) is 7.11. The van der Waals surface area contributed by atoms with Crippen molar-refractivity contribution in [3.8, 4) is 17.6 Å². The van der Waals surface area contributed by atoms with Gasteiger partial charge in [-0.15, -0.1) is 11.3 Å². The minimum Gasteiger partial charge on any atom is -0.493 e. The summed E-state index contributed by atoms with van der Waals surface area (Å²) in [6.07, 6.45) is 4.94. The third kappa shape index (κ3) is 5.29. The minimum absolute atomic E-state index is 0.277. The summed E-state index contributed by atoms with van der Waals surface area (Å²) < 4.78 is 11.5. The third-order valence-corrected chi connectivity index (χ3v) is 7.50. The van der Waals surface area contributed by atoms with Crippen LogP contribution in [0, 0.1) is 22.7 Å². The first-order valence-electron chi connectivity index (χ1n) is 11.3. The first kappa shape index (κ1) is 23.1. The van der Waals surface area contributed by atoms with Crippen LogP contribution in [0.4, 0.5) is 5.00 Å². The molecule has 0 unspecified atom stereocenters. The fraction of sp³-hybridized carbons (Fsp3) is 0.357. The molecule has 1 aromatic heterocycles. The van der Waals surface area contributed by atoms with Crippen molar-refractivity contribution in [1.82, 2.24) is 0 Å². The molecule has 0 aliphatic heterocycles. The van der Waals surface area contributed by atoms with Crippen molar-refractivity contribution in [2.24, 2.45) is 16.3 Å².